The van der Waals surface area contributed by atoms with Gasteiger partial charge in [-0.3, -0.25) is 4.79 Å². The molecule has 0 aliphatic heterocycles. The second-order valence-electron chi connectivity index (χ2n) is 2.79. The van der Waals surface area contributed by atoms with Crippen molar-refractivity contribution in [3.63, 3.8) is 0 Å². The molecule has 0 aliphatic carbocycles. The van der Waals surface area contributed by atoms with Crippen LogP contribution >= 0.6 is 24.0 Å². The molecule has 0 saturated carbocycles. The fourth-order valence-corrected chi connectivity index (χ4v) is 1.29. The van der Waals surface area contributed by atoms with Crippen molar-refractivity contribution in [1.82, 2.24) is 0 Å². The van der Waals surface area contributed by atoms with E-state index in [9.17, 15) is 4.79 Å². The number of carboxylic acid groups (broad SMARTS) is 1. The molecule has 78 valence electrons. The van der Waals surface area contributed by atoms with Crippen LogP contribution in [0.1, 0.15) is 17.2 Å². The van der Waals surface area contributed by atoms with Crippen molar-refractivity contribution < 1.29 is 9.90 Å². The highest BCUT2D eigenvalue weighted by molar-refractivity contribution is 6.32. The molecule has 0 bridgehead atoms. The maximum atomic E-state index is 10.6. The van der Waals surface area contributed by atoms with Crippen LogP contribution < -0.4 is 5.73 Å². The molecule has 14 heavy (non-hydrogen) atoms. The minimum Gasteiger partial charge on any atom is -0.480 e. The molecule has 1 atom stereocenters. The maximum absolute atomic E-state index is 10.6. The molecule has 1 rings (SSSR count). The number of hydrogen-bond acceptors (Lipinski definition) is 2. The Bertz CT molecular complexity index is 342. The first kappa shape index (κ1) is 13.2. The first-order chi connectivity index (χ1) is 6.04. The molecular formula is C9H11Cl2NO2. The monoisotopic (exact) mass is 235 g/mol. The Morgan fingerprint density at radius 1 is 1.57 bits per heavy atom. The highest BCUT2D eigenvalue weighted by Crippen LogP contribution is 2.24. The van der Waals surface area contributed by atoms with Gasteiger partial charge < -0.3 is 10.8 Å². The average molecular weight is 236 g/mol. The number of rotatable bonds is 2. The van der Waals surface area contributed by atoms with Gasteiger partial charge in [0.15, 0.2) is 0 Å². The summed E-state index contributed by atoms with van der Waals surface area (Å²) in [5, 5.41) is 9.10. The normalized spacial score (nSPS) is 11.6. The fourth-order valence-electron chi connectivity index (χ4n) is 1.04. The van der Waals surface area contributed by atoms with Crippen molar-refractivity contribution in [3.8, 4) is 0 Å². The van der Waals surface area contributed by atoms with E-state index >= 15 is 0 Å². The zero-order valence-corrected chi connectivity index (χ0v) is 9.10. The Hall–Kier alpha value is -0.770. The third-order valence-corrected chi connectivity index (χ3v) is 2.34. The number of hydrogen-bond donors (Lipinski definition) is 2. The largest absolute Gasteiger partial charge is 0.480 e. The van der Waals surface area contributed by atoms with E-state index in [1.54, 1.807) is 25.1 Å². The predicted molar refractivity (Wildman–Crippen MR) is 58.0 cm³/mol. The number of aryl methyl sites for hydroxylation is 1. The van der Waals surface area contributed by atoms with E-state index in [1.807, 2.05) is 0 Å². The fraction of sp³-hybridized carbons (Fsp3) is 0.222. The molecule has 0 radical (unpaired) electrons. The second-order valence-corrected chi connectivity index (χ2v) is 3.17. The number of carbonyl (C=O) groups is 1. The Labute approximate surface area is 93.3 Å². The Kier molecular flexibility index (Phi) is 4.91. The summed E-state index contributed by atoms with van der Waals surface area (Å²) in [7, 11) is 0. The van der Waals surface area contributed by atoms with Gasteiger partial charge in [0.1, 0.15) is 6.04 Å². The molecule has 1 aromatic carbocycles. The van der Waals surface area contributed by atoms with Crippen LogP contribution in [0.4, 0.5) is 0 Å². The molecule has 1 aromatic rings. The van der Waals surface area contributed by atoms with Gasteiger partial charge in [0.05, 0.1) is 0 Å². The SMILES string of the molecule is Cc1cccc(C(N)C(=O)O)c1Cl.Cl. The standard InChI is InChI=1S/C9H10ClNO2.ClH/c1-5-3-2-4-6(7(5)10)8(11)9(12)13;/h2-4,8H,11H2,1H3,(H,12,13);1H. The van der Waals surface area contributed by atoms with E-state index in [0.717, 1.165) is 5.56 Å². The predicted octanol–water partition coefficient (Wildman–Crippen LogP) is 2.15. The van der Waals surface area contributed by atoms with Crippen LogP contribution in [0.3, 0.4) is 0 Å². The van der Waals surface area contributed by atoms with Crippen LogP contribution in [0, 0.1) is 6.92 Å². The molecule has 1 unspecified atom stereocenters. The summed E-state index contributed by atoms with van der Waals surface area (Å²) < 4.78 is 0. The molecule has 0 saturated heterocycles. The minimum atomic E-state index is -1.08. The van der Waals surface area contributed by atoms with Crippen molar-refractivity contribution in [2.24, 2.45) is 5.73 Å². The van der Waals surface area contributed by atoms with E-state index in [4.69, 9.17) is 22.4 Å². The third kappa shape index (κ3) is 2.61. The van der Waals surface area contributed by atoms with Crippen LogP contribution in [-0.4, -0.2) is 11.1 Å². The van der Waals surface area contributed by atoms with Gasteiger partial charge >= 0.3 is 5.97 Å². The Morgan fingerprint density at radius 2 is 2.14 bits per heavy atom. The van der Waals surface area contributed by atoms with Crippen LogP contribution in [0.15, 0.2) is 18.2 Å². The lowest BCUT2D eigenvalue weighted by Crippen LogP contribution is -2.21. The van der Waals surface area contributed by atoms with Gasteiger partial charge in [0.2, 0.25) is 0 Å². The van der Waals surface area contributed by atoms with Gasteiger partial charge in [0.25, 0.3) is 0 Å². The molecule has 0 fully saturated rings. The van der Waals surface area contributed by atoms with Crippen LogP contribution in [0.5, 0.6) is 0 Å². The smallest absolute Gasteiger partial charge is 0.325 e. The van der Waals surface area contributed by atoms with Crippen LogP contribution in [0.2, 0.25) is 5.02 Å². The second kappa shape index (κ2) is 5.20. The highest BCUT2D eigenvalue weighted by Gasteiger charge is 2.17. The summed E-state index contributed by atoms with van der Waals surface area (Å²) in [4.78, 5) is 10.6. The number of carboxylic acids is 1. The summed E-state index contributed by atoms with van der Waals surface area (Å²) in [6.45, 7) is 1.81. The summed E-state index contributed by atoms with van der Waals surface area (Å²) in [6.07, 6.45) is 0. The average Bonchev–Trinajstić information content (AvgIpc) is 2.08. The molecule has 3 N–H and O–H groups in total. The zero-order chi connectivity index (χ0) is 10.0. The first-order valence-electron chi connectivity index (χ1n) is 3.77. The zero-order valence-electron chi connectivity index (χ0n) is 7.53. The van der Waals surface area contributed by atoms with E-state index in [2.05, 4.69) is 0 Å². The van der Waals surface area contributed by atoms with Crippen LogP contribution in [-0.2, 0) is 4.79 Å². The van der Waals surface area contributed by atoms with Gasteiger partial charge in [0, 0.05) is 5.02 Å². The topological polar surface area (TPSA) is 63.3 Å². The van der Waals surface area contributed by atoms with Gasteiger partial charge in [-0.2, -0.15) is 0 Å². The minimum absolute atomic E-state index is 0. The summed E-state index contributed by atoms with van der Waals surface area (Å²) in [5.41, 5.74) is 6.71. The van der Waals surface area contributed by atoms with Crippen molar-refractivity contribution in [3.05, 3.63) is 34.3 Å². The molecule has 0 aromatic heterocycles. The van der Waals surface area contributed by atoms with Gasteiger partial charge in [-0.1, -0.05) is 29.8 Å². The molecule has 0 heterocycles. The van der Waals surface area contributed by atoms with E-state index in [0.29, 0.717) is 10.6 Å². The third-order valence-electron chi connectivity index (χ3n) is 1.82. The Balaban J connectivity index is 0.00000169. The van der Waals surface area contributed by atoms with Gasteiger partial charge in [-0.15, -0.1) is 12.4 Å². The van der Waals surface area contributed by atoms with Crippen molar-refractivity contribution >= 4 is 30.0 Å². The van der Waals surface area contributed by atoms with E-state index in [1.165, 1.54) is 0 Å². The van der Waals surface area contributed by atoms with Crippen molar-refractivity contribution in [2.75, 3.05) is 0 Å². The van der Waals surface area contributed by atoms with Crippen molar-refractivity contribution in [2.45, 2.75) is 13.0 Å². The quantitative estimate of drug-likeness (QED) is 0.826. The highest BCUT2D eigenvalue weighted by atomic mass is 35.5. The summed E-state index contributed by atoms with van der Waals surface area (Å²) in [6, 6.07) is 4.11. The lowest BCUT2D eigenvalue weighted by atomic mass is 10.1. The van der Waals surface area contributed by atoms with Gasteiger partial charge in [-0.25, -0.2) is 0 Å². The number of nitrogens with two attached hydrogens (primary N) is 1. The number of halogens is 2. The Morgan fingerprint density at radius 3 is 2.64 bits per heavy atom. The van der Waals surface area contributed by atoms with Crippen LogP contribution in [0.25, 0.3) is 0 Å². The summed E-state index contributed by atoms with van der Waals surface area (Å²) in [5.74, 6) is -1.08. The van der Waals surface area contributed by atoms with E-state index in [-0.39, 0.29) is 12.4 Å². The van der Waals surface area contributed by atoms with Gasteiger partial charge in [-0.05, 0) is 18.1 Å². The molecule has 5 heteroatoms. The summed E-state index contributed by atoms with van der Waals surface area (Å²) >= 11 is 5.89. The molecule has 3 nitrogen and oxygen atoms in total. The number of aliphatic carboxylic acids is 1. The first-order valence-corrected chi connectivity index (χ1v) is 4.15. The molecule has 0 amide bonds. The van der Waals surface area contributed by atoms with E-state index < -0.39 is 12.0 Å². The lowest BCUT2D eigenvalue weighted by Gasteiger charge is -2.10. The van der Waals surface area contributed by atoms with Crippen molar-refractivity contribution in [1.29, 1.82) is 0 Å². The lowest BCUT2D eigenvalue weighted by molar-refractivity contribution is -0.138. The number of benzene rings is 1. The maximum Gasteiger partial charge on any atom is 0.325 e. The molecule has 0 aliphatic rings. The molecule has 0 spiro atoms. The molecular weight excluding hydrogens is 225 g/mol.